The van der Waals surface area contributed by atoms with Crippen LogP contribution in [0.15, 0.2) is 41.9 Å². The molecular weight excluding hydrogens is 416 g/mol. The van der Waals surface area contributed by atoms with E-state index in [1.54, 1.807) is 27.1 Å². The molecule has 0 bridgehead atoms. The Labute approximate surface area is 171 Å². The summed E-state index contributed by atoms with van der Waals surface area (Å²) < 4.78 is 40.1. The first-order valence-corrected chi connectivity index (χ1v) is 10.8. The van der Waals surface area contributed by atoms with Crippen LogP contribution in [0.5, 0.6) is 5.75 Å². The Morgan fingerprint density at radius 1 is 1.38 bits per heavy atom. The lowest BCUT2D eigenvalue weighted by atomic mass is 10.1. The summed E-state index contributed by atoms with van der Waals surface area (Å²) in [6.45, 7) is 0.797. The Morgan fingerprint density at radius 2 is 2.21 bits per heavy atom. The summed E-state index contributed by atoms with van der Waals surface area (Å²) in [6.07, 6.45) is 1.85. The van der Waals surface area contributed by atoms with Crippen molar-refractivity contribution in [2.45, 2.75) is 13.1 Å². The van der Waals surface area contributed by atoms with E-state index in [0.29, 0.717) is 18.8 Å². The second-order valence-electron chi connectivity index (χ2n) is 6.34. The first-order valence-electron chi connectivity index (χ1n) is 8.46. The molecule has 4 rings (SSSR count). The molecule has 0 saturated heterocycles. The van der Waals surface area contributed by atoms with E-state index in [-0.39, 0.29) is 5.69 Å². The standard InChI is InChI=1S/C17H18N6O4S2/c1-27-15-7-12(20-29(24,25)26)5-4-11(15)8-23-14-10-22(18)9-13(17(14)19-21-23)16-3-2-6-28-16/h2-7,9,20H,8,10,18H2,1H3,(H,24,25,26). The highest BCUT2D eigenvalue weighted by atomic mass is 32.2. The molecule has 0 saturated carbocycles. The minimum absolute atomic E-state index is 0.185. The largest absolute Gasteiger partial charge is 0.496 e. The van der Waals surface area contributed by atoms with E-state index in [0.717, 1.165) is 27.4 Å². The van der Waals surface area contributed by atoms with Gasteiger partial charge in [0, 0.05) is 28.3 Å². The molecule has 12 heteroatoms. The minimum atomic E-state index is -4.37. The Hall–Kier alpha value is -2.93. The second kappa shape index (κ2) is 7.48. The van der Waals surface area contributed by atoms with Crippen LogP contribution in [0.1, 0.15) is 21.8 Å². The zero-order valence-electron chi connectivity index (χ0n) is 15.3. The molecule has 3 aromatic rings. The molecule has 0 aliphatic carbocycles. The smallest absolute Gasteiger partial charge is 0.357 e. The summed E-state index contributed by atoms with van der Waals surface area (Å²) in [7, 11) is -2.89. The third-order valence-electron chi connectivity index (χ3n) is 4.36. The summed E-state index contributed by atoms with van der Waals surface area (Å²) in [6, 6.07) is 8.68. The average Bonchev–Trinajstić information content (AvgIpc) is 3.31. The van der Waals surface area contributed by atoms with Gasteiger partial charge in [0.2, 0.25) is 0 Å². The summed E-state index contributed by atoms with van der Waals surface area (Å²) in [5, 5.41) is 12.2. The van der Waals surface area contributed by atoms with Gasteiger partial charge in [0.15, 0.2) is 0 Å². The van der Waals surface area contributed by atoms with Crippen molar-refractivity contribution < 1.29 is 17.7 Å². The van der Waals surface area contributed by atoms with E-state index in [4.69, 9.17) is 15.1 Å². The Kier molecular flexibility index (Phi) is 5.00. The van der Waals surface area contributed by atoms with Crippen molar-refractivity contribution in [1.29, 1.82) is 0 Å². The van der Waals surface area contributed by atoms with Crippen LogP contribution in [0.4, 0.5) is 5.69 Å². The lowest BCUT2D eigenvalue weighted by Gasteiger charge is -2.22. The van der Waals surface area contributed by atoms with Crippen molar-refractivity contribution in [3.8, 4) is 5.75 Å². The summed E-state index contributed by atoms with van der Waals surface area (Å²) >= 11 is 1.60. The first kappa shape index (κ1) is 19.4. The number of hydrazine groups is 1. The van der Waals surface area contributed by atoms with Gasteiger partial charge < -0.3 is 9.75 Å². The SMILES string of the molecule is COc1cc(NS(=O)(=O)O)ccc1Cn1nnc2c1CN(N)C=C2c1cccs1. The number of anilines is 1. The topological polar surface area (TPSA) is 136 Å². The highest BCUT2D eigenvalue weighted by molar-refractivity contribution is 7.87. The van der Waals surface area contributed by atoms with Crippen LogP contribution in [0.25, 0.3) is 5.57 Å². The van der Waals surface area contributed by atoms with Gasteiger partial charge in [-0.2, -0.15) is 8.42 Å². The van der Waals surface area contributed by atoms with Gasteiger partial charge >= 0.3 is 10.3 Å². The van der Waals surface area contributed by atoms with E-state index in [2.05, 4.69) is 10.3 Å². The van der Waals surface area contributed by atoms with Gasteiger partial charge in [0.05, 0.1) is 31.6 Å². The maximum absolute atomic E-state index is 11.0. The Balaban J connectivity index is 1.66. The molecule has 29 heavy (non-hydrogen) atoms. The molecule has 1 aliphatic heterocycles. The van der Waals surface area contributed by atoms with E-state index in [1.807, 2.05) is 28.4 Å². The molecule has 3 heterocycles. The van der Waals surface area contributed by atoms with Gasteiger partial charge in [-0.05, 0) is 17.5 Å². The van der Waals surface area contributed by atoms with Crippen LogP contribution < -0.4 is 15.3 Å². The first-order chi connectivity index (χ1) is 13.8. The maximum atomic E-state index is 11.0. The van der Waals surface area contributed by atoms with Crippen molar-refractivity contribution in [3.05, 3.63) is 63.7 Å². The molecule has 152 valence electrons. The molecule has 0 amide bonds. The van der Waals surface area contributed by atoms with Gasteiger partial charge in [-0.25, -0.2) is 10.5 Å². The van der Waals surface area contributed by atoms with E-state index in [1.165, 1.54) is 19.2 Å². The van der Waals surface area contributed by atoms with E-state index in [9.17, 15) is 8.42 Å². The van der Waals surface area contributed by atoms with Crippen LogP contribution >= 0.6 is 11.3 Å². The quantitative estimate of drug-likeness (QED) is 0.394. The monoisotopic (exact) mass is 434 g/mol. The summed E-state index contributed by atoms with van der Waals surface area (Å²) in [5.74, 6) is 6.52. The number of nitrogens with one attached hydrogen (secondary N) is 1. The fraction of sp³-hybridized carbons (Fsp3) is 0.176. The third-order valence-corrected chi connectivity index (χ3v) is 5.76. The van der Waals surface area contributed by atoms with Crippen LogP contribution in [0.3, 0.4) is 0 Å². The molecule has 4 N–H and O–H groups in total. The van der Waals surface area contributed by atoms with Gasteiger partial charge in [-0.1, -0.05) is 17.3 Å². The number of benzene rings is 1. The predicted molar refractivity (Wildman–Crippen MR) is 108 cm³/mol. The third kappa shape index (κ3) is 4.10. The number of nitrogens with zero attached hydrogens (tertiary/aromatic N) is 4. The molecule has 1 aromatic carbocycles. The number of rotatable bonds is 6. The number of aromatic nitrogens is 3. The van der Waals surface area contributed by atoms with Crippen molar-refractivity contribution >= 4 is 32.9 Å². The molecule has 2 aromatic heterocycles. The van der Waals surface area contributed by atoms with Gasteiger partial charge in [-0.15, -0.1) is 16.4 Å². The molecule has 0 unspecified atom stereocenters. The van der Waals surface area contributed by atoms with Crippen LogP contribution in [-0.4, -0.2) is 40.1 Å². The molecular formula is C17H18N6O4S2. The van der Waals surface area contributed by atoms with Gasteiger partial charge in [-0.3, -0.25) is 9.27 Å². The van der Waals surface area contributed by atoms with Crippen molar-refractivity contribution in [2.24, 2.45) is 5.84 Å². The average molecular weight is 435 g/mol. The van der Waals surface area contributed by atoms with Crippen molar-refractivity contribution in [3.63, 3.8) is 0 Å². The second-order valence-corrected chi connectivity index (χ2v) is 8.44. The fourth-order valence-electron chi connectivity index (χ4n) is 3.13. The maximum Gasteiger partial charge on any atom is 0.357 e. The normalized spacial score (nSPS) is 13.8. The summed E-state index contributed by atoms with van der Waals surface area (Å²) in [4.78, 5) is 1.05. The highest BCUT2D eigenvalue weighted by Crippen LogP contribution is 2.32. The zero-order valence-corrected chi connectivity index (χ0v) is 16.9. The number of hydrogen-bond donors (Lipinski definition) is 3. The Morgan fingerprint density at radius 3 is 2.90 bits per heavy atom. The van der Waals surface area contributed by atoms with Crippen LogP contribution in [0.2, 0.25) is 0 Å². The molecule has 0 fully saturated rings. The molecule has 10 nitrogen and oxygen atoms in total. The molecule has 0 atom stereocenters. The van der Waals surface area contributed by atoms with Crippen LogP contribution in [0, 0.1) is 0 Å². The number of ether oxygens (including phenoxy) is 1. The van der Waals surface area contributed by atoms with Gasteiger partial charge in [0.25, 0.3) is 0 Å². The Bertz CT molecular complexity index is 1170. The number of fused-ring (bicyclic) bond motifs is 1. The van der Waals surface area contributed by atoms with E-state index >= 15 is 0 Å². The van der Waals surface area contributed by atoms with Gasteiger partial charge in [0.1, 0.15) is 11.4 Å². The van der Waals surface area contributed by atoms with E-state index < -0.39 is 10.3 Å². The molecule has 0 spiro atoms. The fourth-order valence-corrected chi connectivity index (χ4v) is 4.29. The highest BCUT2D eigenvalue weighted by Gasteiger charge is 2.25. The number of thiophene rings is 1. The number of methoxy groups -OCH3 is 1. The number of hydrogen-bond acceptors (Lipinski definition) is 8. The lowest BCUT2D eigenvalue weighted by molar-refractivity contribution is 0.365. The predicted octanol–water partition coefficient (Wildman–Crippen LogP) is 1.69. The number of nitrogens with two attached hydrogens (primary N) is 1. The lowest BCUT2D eigenvalue weighted by Crippen LogP contribution is -2.29. The summed E-state index contributed by atoms with van der Waals surface area (Å²) in [5.41, 5.74) is 3.50. The van der Waals surface area contributed by atoms with Crippen LogP contribution in [-0.2, 0) is 23.4 Å². The molecule has 0 radical (unpaired) electrons. The molecule has 1 aliphatic rings. The minimum Gasteiger partial charge on any atom is -0.496 e. The zero-order chi connectivity index (χ0) is 20.6. The van der Waals surface area contributed by atoms with Crippen molar-refractivity contribution in [2.75, 3.05) is 11.8 Å². The van der Waals surface area contributed by atoms with Crippen molar-refractivity contribution in [1.82, 2.24) is 20.0 Å².